The van der Waals surface area contributed by atoms with E-state index in [1.54, 1.807) is 7.11 Å². The molecule has 0 saturated carbocycles. The molecular formula is C13H22N2O2. The van der Waals surface area contributed by atoms with E-state index < -0.39 is 0 Å². The van der Waals surface area contributed by atoms with Gasteiger partial charge in [0.05, 0.1) is 18.4 Å². The van der Waals surface area contributed by atoms with E-state index >= 15 is 0 Å². The van der Waals surface area contributed by atoms with Crippen LogP contribution in [-0.2, 0) is 4.74 Å². The molecule has 0 saturated heterocycles. The second-order valence-corrected chi connectivity index (χ2v) is 4.42. The van der Waals surface area contributed by atoms with Crippen LogP contribution >= 0.6 is 0 Å². The van der Waals surface area contributed by atoms with E-state index in [1.807, 2.05) is 32.0 Å². The molecule has 0 radical (unpaired) electrons. The first-order valence-corrected chi connectivity index (χ1v) is 5.84. The first kappa shape index (κ1) is 13.6. The average molecular weight is 238 g/mol. The first-order chi connectivity index (χ1) is 8.02. The molecule has 3 N–H and O–H groups in total. The number of rotatable bonds is 6. The highest BCUT2D eigenvalue weighted by atomic mass is 16.5. The lowest BCUT2D eigenvalue weighted by Gasteiger charge is -2.17. The van der Waals surface area contributed by atoms with Crippen LogP contribution in [0.1, 0.15) is 20.8 Å². The Hall–Kier alpha value is -1.42. The van der Waals surface area contributed by atoms with Crippen LogP contribution in [0.2, 0.25) is 0 Å². The van der Waals surface area contributed by atoms with Crippen molar-refractivity contribution in [2.24, 2.45) is 0 Å². The molecule has 0 aliphatic rings. The zero-order valence-corrected chi connectivity index (χ0v) is 11.0. The molecule has 1 aromatic rings. The Kier molecular flexibility index (Phi) is 5.10. The normalized spacial score (nSPS) is 12.5. The van der Waals surface area contributed by atoms with Crippen LogP contribution in [0.5, 0.6) is 5.75 Å². The lowest BCUT2D eigenvalue weighted by atomic mass is 10.2. The maximum atomic E-state index is 5.85. The van der Waals surface area contributed by atoms with Crippen LogP contribution < -0.4 is 15.8 Å². The molecule has 0 aliphatic heterocycles. The Bertz CT molecular complexity index is 353. The van der Waals surface area contributed by atoms with Crippen LogP contribution in [0.25, 0.3) is 0 Å². The maximum absolute atomic E-state index is 5.85. The Morgan fingerprint density at radius 3 is 2.59 bits per heavy atom. The summed E-state index contributed by atoms with van der Waals surface area (Å²) in [4.78, 5) is 0. The topological polar surface area (TPSA) is 56.5 Å². The van der Waals surface area contributed by atoms with Crippen molar-refractivity contribution in [3.8, 4) is 5.75 Å². The third-order valence-electron chi connectivity index (χ3n) is 2.21. The van der Waals surface area contributed by atoms with Gasteiger partial charge >= 0.3 is 0 Å². The molecule has 1 unspecified atom stereocenters. The summed E-state index contributed by atoms with van der Waals surface area (Å²) < 4.78 is 10.7. The van der Waals surface area contributed by atoms with Crippen molar-refractivity contribution in [2.45, 2.75) is 32.9 Å². The largest absolute Gasteiger partial charge is 0.489 e. The smallest absolute Gasteiger partial charge is 0.144 e. The Balaban J connectivity index is 2.74. The van der Waals surface area contributed by atoms with E-state index in [-0.39, 0.29) is 12.1 Å². The molecule has 0 fully saturated rings. The summed E-state index contributed by atoms with van der Waals surface area (Å²) in [6, 6.07) is 5.95. The average Bonchev–Trinajstić information content (AvgIpc) is 2.22. The molecule has 0 aromatic heterocycles. The second kappa shape index (κ2) is 6.35. The highest BCUT2D eigenvalue weighted by molar-refractivity contribution is 5.61. The van der Waals surface area contributed by atoms with Gasteiger partial charge in [0.25, 0.3) is 0 Å². The molecule has 4 nitrogen and oxygen atoms in total. The van der Waals surface area contributed by atoms with Gasteiger partial charge in [0.1, 0.15) is 5.75 Å². The van der Waals surface area contributed by atoms with Gasteiger partial charge in [-0.1, -0.05) is 0 Å². The highest BCUT2D eigenvalue weighted by Crippen LogP contribution is 2.26. The summed E-state index contributed by atoms with van der Waals surface area (Å²) in [5.41, 5.74) is 7.49. The van der Waals surface area contributed by atoms with Crippen molar-refractivity contribution < 1.29 is 9.47 Å². The van der Waals surface area contributed by atoms with E-state index in [1.165, 1.54) is 0 Å². The van der Waals surface area contributed by atoms with Crippen LogP contribution in [0.4, 0.5) is 11.4 Å². The minimum atomic E-state index is 0.115. The minimum Gasteiger partial charge on any atom is -0.489 e. The summed E-state index contributed by atoms with van der Waals surface area (Å²) in [6.45, 7) is 6.67. The predicted molar refractivity (Wildman–Crippen MR) is 71.6 cm³/mol. The van der Waals surface area contributed by atoms with Crippen molar-refractivity contribution in [2.75, 3.05) is 24.8 Å². The van der Waals surface area contributed by atoms with Crippen LogP contribution in [0, 0.1) is 0 Å². The van der Waals surface area contributed by atoms with Gasteiger partial charge in [-0.05, 0) is 32.9 Å². The fraction of sp³-hybridized carbons (Fsp3) is 0.538. The summed E-state index contributed by atoms with van der Waals surface area (Å²) >= 11 is 0. The van der Waals surface area contributed by atoms with E-state index in [0.717, 1.165) is 11.4 Å². The monoisotopic (exact) mass is 238 g/mol. The third kappa shape index (κ3) is 4.53. The molecule has 1 aromatic carbocycles. The number of ether oxygens (including phenoxy) is 2. The minimum absolute atomic E-state index is 0.115. The molecule has 1 rings (SSSR count). The van der Waals surface area contributed by atoms with E-state index in [9.17, 15) is 0 Å². The molecule has 0 bridgehead atoms. The van der Waals surface area contributed by atoms with Gasteiger partial charge in [-0.25, -0.2) is 0 Å². The molecule has 0 heterocycles. The fourth-order valence-electron chi connectivity index (χ4n) is 1.56. The Labute approximate surface area is 103 Å². The zero-order chi connectivity index (χ0) is 12.8. The molecule has 17 heavy (non-hydrogen) atoms. The number of hydrogen-bond donors (Lipinski definition) is 2. The van der Waals surface area contributed by atoms with Gasteiger partial charge in [0.15, 0.2) is 0 Å². The highest BCUT2D eigenvalue weighted by Gasteiger charge is 2.06. The zero-order valence-electron chi connectivity index (χ0n) is 11.0. The number of nitrogens with two attached hydrogens (primary N) is 1. The number of benzene rings is 1. The van der Waals surface area contributed by atoms with Gasteiger partial charge < -0.3 is 20.5 Å². The molecular weight excluding hydrogens is 216 g/mol. The summed E-state index contributed by atoms with van der Waals surface area (Å²) in [6.07, 6.45) is 0.115. The van der Waals surface area contributed by atoms with Gasteiger partial charge in [0, 0.05) is 24.9 Å². The van der Waals surface area contributed by atoms with E-state index in [0.29, 0.717) is 12.3 Å². The van der Waals surface area contributed by atoms with Crippen LogP contribution in [0.3, 0.4) is 0 Å². The van der Waals surface area contributed by atoms with Crippen LogP contribution in [-0.4, -0.2) is 25.9 Å². The molecule has 4 heteroatoms. The first-order valence-electron chi connectivity index (χ1n) is 5.84. The van der Waals surface area contributed by atoms with E-state index in [4.69, 9.17) is 15.2 Å². The molecule has 0 spiro atoms. The van der Waals surface area contributed by atoms with Crippen LogP contribution in [0.15, 0.2) is 18.2 Å². The summed E-state index contributed by atoms with van der Waals surface area (Å²) in [5, 5.41) is 3.32. The number of nitrogen functional groups attached to an aromatic ring is 1. The van der Waals surface area contributed by atoms with Crippen molar-refractivity contribution in [3.05, 3.63) is 18.2 Å². The predicted octanol–water partition coefficient (Wildman–Crippen LogP) is 2.50. The van der Waals surface area contributed by atoms with Gasteiger partial charge in [0.2, 0.25) is 0 Å². The van der Waals surface area contributed by atoms with E-state index in [2.05, 4.69) is 12.2 Å². The lowest BCUT2D eigenvalue weighted by molar-refractivity contribution is 0.190. The van der Waals surface area contributed by atoms with Crippen molar-refractivity contribution >= 4 is 11.4 Å². The van der Waals surface area contributed by atoms with Crippen molar-refractivity contribution in [1.29, 1.82) is 0 Å². The SMILES string of the molecule is COCC(C)Nc1ccc(N)c(OC(C)C)c1. The second-order valence-electron chi connectivity index (χ2n) is 4.42. The fourth-order valence-corrected chi connectivity index (χ4v) is 1.56. The summed E-state index contributed by atoms with van der Waals surface area (Å²) in [7, 11) is 1.69. The molecule has 0 amide bonds. The summed E-state index contributed by atoms with van der Waals surface area (Å²) in [5.74, 6) is 0.717. The van der Waals surface area contributed by atoms with Crippen molar-refractivity contribution in [1.82, 2.24) is 0 Å². The standard InChI is InChI=1S/C13H22N2O2/c1-9(2)17-13-7-11(5-6-12(13)14)15-10(3)8-16-4/h5-7,9-10,15H,8,14H2,1-4H3. The third-order valence-corrected chi connectivity index (χ3v) is 2.21. The molecule has 1 atom stereocenters. The molecule has 96 valence electrons. The molecule has 0 aliphatic carbocycles. The maximum Gasteiger partial charge on any atom is 0.144 e. The Morgan fingerprint density at radius 2 is 2.00 bits per heavy atom. The quantitative estimate of drug-likeness (QED) is 0.748. The number of nitrogens with one attached hydrogen (secondary N) is 1. The van der Waals surface area contributed by atoms with Gasteiger partial charge in [-0.2, -0.15) is 0 Å². The van der Waals surface area contributed by atoms with Gasteiger partial charge in [-0.15, -0.1) is 0 Å². The number of anilines is 2. The number of hydrogen-bond acceptors (Lipinski definition) is 4. The lowest BCUT2D eigenvalue weighted by Crippen LogP contribution is -2.20. The van der Waals surface area contributed by atoms with Crippen molar-refractivity contribution in [3.63, 3.8) is 0 Å². The van der Waals surface area contributed by atoms with Gasteiger partial charge in [-0.3, -0.25) is 0 Å². The Morgan fingerprint density at radius 1 is 1.29 bits per heavy atom. The number of methoxy groups -OCH3 is 1.